The van der Waals surface area contributed by atoms with Crippen LogP contribution in [0, 0.1) is 5.41 Å². The number of carbonyl (C=O) groups is 1. The number of fused-ring (bicyclic) bond motifs is 1. The highest BCUT2D eigenvalue weighted by Gasteiger charge is 2.51. The predicted octanol–water partition coefficient (Wildman–Crippen LogP) is 4.20. The van der Waals surface area contributed by atoms with Crippen molar-refractivity contribution in [1.29, 1.82) is 0 Å². The van der Waals surface area contributed by atoms with E-state index < -0.39 is 11.6 Å². The Morgan fingerprint density at radius 3 is 2.71 bits per heavy atom. The van der Waals surface area contributed by atoms with Crippen LogP contribution in [0.1, 0.15) is 38.1 Å². The number of β-amino-alcohol motifs (C(OH)–C–C–N with tert-alkyl or cyclic N) is 1. The number of nitrogens with zero attached hydrogens (tertiary/aromatic N) is 9. The van der Waals surface area contributed by atoms with Gasteiger partial charge < -0.3 is 14.7 Å². The molecule has 4 aromatic heterocycles. The number of nitrogens with one attached hydrogen (secondary N) is 1. The molecular formula is C35H40N10O3S. The first kappa shape index (κ1) is 31.7. The summed E-state index contributed by atoms with van der Waals surface area (Å²) >= 11 is 1.60. The maximum absolute atomic E-state index is 14.0. The number of likely N-dealkylation sites (tertiary alicyclic amines) is 1. The van der Waals surface area contributed by atoms with E-state index in [0.717, 1.165) is 70.1 Å². The summed E-state index contributed by atoms with van der Waals surface area (Å²) in [5.74, 6) is 1.43. The normalized spacial score (nSPS) is 21.0. The van der Waals surface area contributed by atoms with Crippen LogP contribution in [0.3, 0.4) is 0 Å². The molecule has 7 heterocycles. The van der Waals surface area contributed by atoms with Crippen LogP contribution in [-0.4, -0.2) is 107 Å². The molecule has 0 aliphatic carbocycles. The van der Waals surface area contributed by atoms with Gasteiger partial charge >= 0.3 is 0 Å². The number of pyridine rings is 1. The number of aryl methyl sites for hydroxylation is 1. The minimum absolute atomic E-state index is 0.0486. The van der Waals surface area contributed by atoms with Gasteiger partial charge in [0, 0.05) is 74.9 Å². The molecule has 5 aromatic rings. The third kappa shape index (κ3) is 6.14. The van der Waals surface area contributed by atoms with Gasteiger partial charge in [0.2, 0.25) is 11.8 Å². The van der Waals surface area contributed by atoms with Gasteiger partial charge in [-0.15, -0.1) is 11.3 Å². The van der Waals surface area contributed by atoms with Crippen LogP contribution < -0.4 is 9.64 Å². The second-order valence-electron chi connectivity index (χ2n) is 13.6. The van der Waals surface area contributed by atoms with Crippen molar-refractivity contribution in [1.82, 2.24) is 44.7 Å². The van der Waals surface area contributed by atoms with Crippen LogP contribution in [0.2, 0.25) is 0 Å². The summed E-state index contributed by atoms with van der Waals surface area (Å²) in [6.45, 7) is 8.00. The summed E-state index contributed by atoms with van der Waals surface area (Å²) in [6.07, 6.45) is 9.32. The van der Waals surface area contributed by atoms with Crippen molar-refractivity contribution in [2.45, 2.75) is 45.4 Å². The Bertz CT molecular complexity index is 2020. The lowest BCUT2D eigenvalue weighted by atomic mass is 9.85. The topological polar surface area (TPSA) is 141 Å². The highest BCUT2D eigenvalue weighted by Crippen LogP contribution is 2.43. The Morgan fingerprint density at radius 2 is 1.96 bits per heavy atom. The van der Waals surface area contributed by atoms with E-state index in [-0.39, 0.29) is 12.0 Å². The number of anilines is 1. The van der Waals surface area contributed by atoms with Crippen molar-refractivity contribution in [2.24, 2.45) is 12.5 Å². The Labute approximate surface area is 288 Å². The summed E-state index contributed by atoms with van der Waals surface area (Å²) < 4.78 is 7.39. The van der Waals surface area contributed by atoms with E-state index in [1.165, 1.54) is 5.57 Å². The van der Waals surface area contributed by atoms with Crippen molar-refractivity contribution in [3.63, 3.8) is 0 Å². The van der Waals surface area contributed by atoms with Crippen molar-refractivity contribution in [2.75, 3.05) is 44.2 Å². The average molecular weight is 681 g/mol. The molecule has 2 fully saturated rings. The van der Waals surface area contributed by atoms with Crippen LogP contribution in [0.25, 0.3) is 38.4 Å². The smallest absolute Gasteiger partial charge is 0.234 e. The van der Waals surface area contributed by atoms with Crippen molar-refractivity contribution in [3.8, 4) is 27.8 Å². The number of hydrogen-bond acceptors (Lipinski definition) is 11. The van der Waals surface area contributed by atoms with E-state index in [2.05, 4.69) is 52.2 Å². The Balaban J connectivity index is 0.895. The van der Waals surface area contributed by atoms with Crippen molar-refractivity contribution >= 4 is 39.4 Å². The fourth-order valence-electron chi connectivity index (χ4n) is 7.26. The van der Waals surface area contributed by atoms with Crippen molar-refractivity contribution < 1.29 is 14.6 Å². The number of amides is 1. The first-order valence-corrected chi connectivity index (χ1v) is 17.7. The summed E-state index contributed by atoms with van der Waals surface area (Å²) in [5.41, 5.74) is 4.22. The molecule has 14 heteroatoms. The molecule has 0 radical (unpaired) electrons. The Morgan fingerprint density at radius 1 is 1.08 bits per heavy atom. The highest BCUT2D eigenvalue weighted by molar-refractivity contribution is 7.16. The quantitative estimate of drug-likeness (QED) is 0.233. The number of aromatic amines is 1. The van der Waals surface area contributed by atoms with Gasteiger partial charge in [-0.05, 0) is 69.5 Å². The molecule has 2 N–H and O–H groups in total. The van der Waals surface area contributed by atoms with Crippen LogP contribution in [0.15, 0.2) is 55.1 Å². The molecule has 0 saturated carbocycles. The zero-order valence-corrected chi connectivity index (χ0v) is 28.7. The van der Waals surface area contributed by atoms with Crippen LogP contribution >= 0.6 is 11.3 Å². The fourth-order valence-corrected chi connectivity index (χ4v) is 8.18. The number of H-pyrrole nitrogens is 1. The maximum atomic E-state index is 14.0. The number of thiazole rings is 1. The molecule has 2 saturated heterocycles. The number of aromatic nitrogens is 7. The first-order valence-electron chi connectivity index (χ1n) is 16.8. The second kappa shape index (κ2) is 12.8. The van der Waals surface area contributed by atoms with E-state index in [1.54, 1.807) is 28.5 Å². The van der Waals surface area contributed by atoms with Crippen LogP contribution in [0.5, 0.6) is 5.88 Å². The molecule has 13 nitrogen and oxygen atoms in total. The molecule has 3 aliphatic rings. The van der Waals surface area contributed by atoms with E-state index in [4.69, 9.17) is 4.74 Å². The number of aliphatic hydroxyl groups is 1. The predicted molar refractivity (Wildman–Crippen MR) is 188 cm³/mol. The minimum Gasteiger partial charge on any atom is -0.475 e. The van der Waals surface area contributed by atoms with E-state index in [1.807, 2.05) is 56.3 Å². The SMILES string of the molecule is CC(C)Oc1ccc(-c2n[nH]c3ccc(N4CC[C@]5(CCN(C[C@H](O)N6CC=C(c7ncc(-c8ncn(C)n8)s7)CC6)C5)C4=O)cc23)cn1. The van der Waals surface area contributed by atoms with Gasteiger partial charge in [-0.3, -0.25) is 24.4 Å². The van der Waals surface area contributed by atoms with Crippen molar-refractivity contribution in [3.05, 3.63) is 60.1 Å². The number of carbonyl (C=O) groups excluding carboxylic acids is 1. The molecule has 1 amide bonds. The van der Waals surface area contributed by atoms with Gasteiger partial charge in [0.1, 0.15) is 23.3 Å². The summed E-state index contributed by atoms with van der Waals surface area (Å²) in [6, 6.07) is 9.86. The largest absolute Gasteiger partial charge is 0.475 e. The lowest BCUT2D eigenvalue weighted by molar-refractivity contribution is -0.125. The molecule has 0 unspecified atom stereocenters. The van der Waals surface area contributed by atoms with E-state index in [9.17, 15) is 9.90 Å². The summed E-state index contributed by atoms with van der Waals surface area (Å²) in [4.78, 5) is 34.7. The minimum atomic E-state index is -0.604. The van der Waals surface area contributed by atoms with Crippen LogP contribution in [0.4, 0.5) is 5.69 Å². The summed E-state index contributed by atoms with van der Waals surface area (Å²) in [7, 11) is 1.85. The number of hydrogen-bond donors (Lipinski definition) is 2. The molecule has 1 spiro atoms. The number of rotatable bonds is 9. The molecule has 0 bridgehead atoms. The third-order valence-electron chi connectivity index (χ3n) is 9.85. The maximum Gasteiger partial charge on any atom is 0.234 e. The van der Waals surface area contributed by atoms with Gasteiger partial charge in [-0.25, -0.2) is 15.0 Å². The average Bonchev–Trinajstić information content (AvgIpc) is 3.94. The lowest BCUT2D eigenvalue weighted by Crippen LogP contribution is -2.46. The van der Waals surface area contributed by atoms with E-state index >= 15 is 0 Å². The Hall–Kier alpha value is -4.50. The first-order chi connectivity index (χ1) is 23.7. The molecular weight excluding hydrogens is 641 g/mol. The number of benzene rings is 1. The van der Waals surface area contributed by atoms with Gasteiger partial charge in [0.15, 0.2) is 5.82 Å². The van der Waals surface area contributed by atoms with E-state index in [0.29, 0.717) is 37.9 Å². The zero-order chi connectivity index (χ0) is 33.7. The van der Waals surface area contributed by atoms with Crippen LogP contribution in [-0.2, 0) is 11.8 Å². The molecule has 49 heavy (non-hydrogen) atoms. The number of aliphatic hydroxyl groups excluding tert-OH is 1. The second-order valence-corrected chi connectivity index (χ2v) is 14.6. The number of ether oxygens (including phenoxy) is 1. The molecule has 2 atom stereocenters. The van der Waals surface area contributed by atoms with Gasteiger partial charge in [0.05, 0.1) is 21.9 Å². The molecule has 3 aliphatic heterocycles. The standard InChI is InChI=1S/C35H40N10O3S/c1-22(2)48-29-7-4-24(17-36-29)31-26-16-25(5-6-27(26)39-40-31)45-15-11-35(34(45)47)10-14-43(20-35)19-30(46)44-12-8-23(9-13-44)33-37-18-28(49-33)32-38-21-42(3)41-32/h4-8,16-18,21-22,30,46H,9-15,19-20H2,1-3H3,(H,39,40)/t30-,35-/m0/s1. The molecule has 254 valence electrons. The fraction of sp³-hybridized carbons (Fsp3) is 0.429. The van der Waals surface area contributed by atoms with Gasteiger partial charge in [0.25, 0.3) is 0 Å². The summed E-state index contributed by atoms with van der Waals surface area (Å²) in [5, 5.41) is 25.2. The highest BCUT2D eigenvalue weighted by atomic mass is 32.1. The zero-order valence-electron chi connectivity index (χ0n) is 27.9. The Kier molecular flexibility index (Phi) is 8.26. The monoisotopic (exact) mass is 680 g/mol. The molecule has 1 aromatic carbocycles. The third-order valence-corrected chi connectivity index (χ3v) is 10.9. The lowest BCUT2D eigenvalue weighted by Gasteiger charge is -2.33. The van der Waals surface area contributed by atoms with Gasteiger partial charge in [-0.2, -0.15) is 10.2 Å². The molecule has 8 rings (SSSR count). The van der Waals surface area contributed by atoms with Gasteiger partial charge in [-0.1, -0.05) is 6.08 Å².